The van der Waals surface area contributed by atoms with Gasteiger partial charge < -0.3 is 14.2 Å². The second-order valence-corrected chi connectivity index (χ2v) is 7.24. The molecule has 0 spiro atoms. The molecule has 0 bridgehead atoms. The second-order valence-electron chi connectivity index (χ2n) is 5.47. The Morgan fingerprint density at radius 1 is 1.23 bits per heavy atom. The van der Waals surface area contributed by atoms with Crippen molar-refractivity contribution >= 4 is 37.9 Å². The van der Waals surface area contributed by atoms with E-state index >= 15 is 0 Å². The van der Waals surface area contributed by atoms with Crippen LogP contribution >= 0.6 is 31.9 Å². The molecule has 0 radical (unpaired) electrons. The summed E-state index contributed by atoms with van der Waals surface area (Å²) in [6.45, 7) is 2.36. The molecule has 136 valence electrons. The van der Waals surface area contributed by atoms with Gasteiger partial charge in [-0.1, -0.05) is 22.0 Å². The molecule has 1 unspecified atom stereocenters. The molecule has 0 N–H and O–H groups in total. The van der Waals surface area contributed by atoms with E-state index in [1.54, 1.807) is 24.3 Å². The molecule has 26 heavy (non-hydrogen) atoms. The summed E-state index contributed by atoms with van der Waals surface area (Å²) < 4.78 is 18.4. The van der Waals surface area contributed by atoms with E-state index in [-0.39, 0.29) is 5.70 Å². The first-order valence-corrected chi connectivity index (χ1v) is 9.35. The summed E-state index contributed by atoms with van der Waals surface area (Å²) in [7, 11) is 1.52. The molecule has 2 aromatic rings. The average molecular weight is 485 g/mol. The van der Waals surface area contributed by atoms with Crippen molar-refractivity contribution in [1.29, 1.82) is 0 Å². The fraction of sp³-hybridized carbons (Fsp3) is 0.222. The number of fused-ring (bicyclic) bond motifs is 1. The van der Waals surface area contributed by atoms with Crippen molar-refractivity contribution in [1.82, 2.24) is 0 Å². The molecule has 0 fully saturated rings. The van der Waals surface area contributed by atoms with Gasteiger partial charge >= 0.3 is 0 Å². The number of methoxy groups -OCH3 is 1. The summed E-state index contributed by atoms with van der Waals surface area (Å²) in [5.41, 5.74) is 1.19. The van der Waals surface area contributed by atoms with Crippen molar-refractivity contribution in [3.05, 3.63) is 66.2 Å². The lowest BCUT2D eigenvalue weighted by Gasteiger charge is -2.24. The Morgan fingerprint density at radius 3 is 2.65 bits per heavy atom. The minimum Gasteiger partial charge on any atom is -0.493 e. The third-order valence-electron chi connectivity index (χ3n) is 3.85. The van der Waals surface area contributed by atoms with Crippen molar-refractivity contribution in [3.8, 4) is 17.2 Å². The van der Waals surface area contributed by atoms with Crippen molar-refractivity contribution in [2.75, 3.05) is 13.7 Å². The lowest BCUT2D eigenvalue weighted by atomic mass is 10.0. The molecule has 3 rings (SSSR count). The fourth-order valence-corrected chi connectivity index (χ4v) is 4.09. The van der Waals surface area contributed by atoms with Gasteiger partial charge in [0.2, 0.25) is 6.10 Å². The van der Waals surface area contributed by atoms with E-state index in [0.717, 1.165) is 4.47 Å². The predicted octanol–water partition coefficient (Wildman–Crippen LogP) is 5.37. The first-order valence-electron chi connectivity index (χ1n) is 7.77. The Hall–Kier alpha value is -2.06. The van der Waals surface area contributed by atoms with Crippen LogP contribution < -0.4 is 14.2 Å². The molecule has 0 saturated carbocycles. The van der Waals surface area contributed by atoms with Gasteiger partial charge in [0.25, 0.3) is 5.70 Å². The Bertz CT molecular complexity index is 897. The Kier molecular flexibility index (Phi) is 5.52. The van der Waals surface area contributed by atoms with Crippen LogP contribution in [0.25, 0.3) is 6.08 Å². The molecule has 0 aliphatic carbocycles. The van der Waals surface area contributed by atoms with Gasteiger partial charge in [-0.25, -0.2) is 0 Å². The van der Waals surface area contributed by atoms with Crippen LogP contribution in [0.4, 0.5) is 0 Å². The van der Waals surface area contributed by atoms with E-state index in [0.29, 0.717) is 39.5 Å². The standard InChI is InChI=1S/C18H15Br2NO5/c1-3-25-15-5-4-10(8-16(15)24-2)18-14(21(22)23)7-11-6-12(19)9-13(20)17(11)26-18/h4-9,18H,3H2,1-2H3. The molecule has 6 nitrogen and oxygen atoms in total. The van der Waals surface area contributed by atoms with Gasteiger partial charge in [-0.15, -0.1) is 0 Å². The second kappa shape index (κ2) is 7.67. The minimum atomic E-state index is -0.862. The van der Waals surface area contributed by atoms with E-state index in [2.05, 4.69) is 31.9 Å². The Balaban J connectivity index is 2.09. The Morgan fingerprint density at radius 2 is 2.00 bits per heavy atom. The maximum absolute atomic E-state index is 11.6. The van der Waals surface area contributed by atoms with Crippen LogP contribution in [0, 0.1) is 10.1 Å². The van der Waals surface area contributed by atoms with Crippen molar-refractivity contribution < 1.29 is 19.1 Å². The first-order chi connectivity index (χ1) is 12.4. The Labute approximate surface area is 167 Å². The molecule has 0 amide bonds. The lowest BCUT2D eigenvalue weighted by molar-refractivity contribution is -0.434. The molecule has 2 aromatic carbocycles. The highest BCUT2D eigenvalue weighted by molar-refractivity contribution is 9.11. The molecule has 8 heteroatoms. The van der Waals surface area contributed by atoms with E-state index in [1.807, 2.05) is 13.0 Å². The fourth-order valence-electron chi connectivity index (χ4n) is 2.73. The summed E-state index contributed by atoms with van der Waals surface area (Å²) in [5.74, 6) is 1.62. The summed E-state index contributed by atoms with van der Waals surface area (Å²) in [6.07, 6.45) is 0.668. The number of benzene rings is 2. The van der Waals surface area contributed by atoms with Gasteiger partial charge in [0, 0.05) is 21.7 Å². The van der Waals surface area contributed by atoms with Crippen LogP contribution in [0.15, 0.2) is 45.0 Å². The molecule has 1 atom stereocenters. The van der Waals surface area contributed by atoms with E-state index in [1.165, 1.54) is 13.2 Å². The number of rotatable bonds is 5. The third kappa shape index (κ3) is 3.57. The van der Waals surface area contributed by atoms with Crippen LogP contribution in [0.1, 0.15) is 24.2 Å². The monoisotopic (exact) mass is 483 g/mol. The normalized spacial score (nSPS) is 15.5. The highest BCUT2D eigenvalue weighted by atomic mass is 79.9. The number of ether oxygens (including phenoxy) is 3. The van der Waals surface area contributed by atoms with Crippen LogP contribution in [-0.2, 0) is 0 Å². The zero-order chi connectivity index (χ0) is 18.8. The van der Waals surface area contributed by atoms with E-state index < -0.39 is 11.0 Å². The van der Waals surface area contributed by atoms with Crippen molar-refractivity contribution in [3.63, 3.8) is 0 Å². The van der Waals surface area contributed by atoms with Crippen LogP contribution in [0.2, 0.25) is 0 Å². The number of hydrogen-bond donors (Lipinski definition) is 0. The van der Waals surface area contributed by atoms with Gasteiger partial charge in [0.15, 0.2) is 11.5 Å². The average Bonchev–Trinajstić information content (AvgIpc) is 2.61. The summed E-state index contributed by atoms with van der Waals surface area (Å²) in [4.78, 5) is 11.2. The van der Waals surface area contributed by atoms with Gasteiger partial charge in [-0.2, -0.15) is 0 Å². The maximum atomic E-state index is 11.6. The number of halogens is 2. The summed E-state index contributed by atoms with van der Waals surface area (Å²) in [5, 5.41) is 11.6. The molecular weight excluding hydrogens is 470 g/mol. The minimum absolute atomic E-state index is 0.0475. The van der Waals surface area contributed by atoms with Crippen LogP contribution in [0.3, 0.4) is 0 Å². The van der Waals surface area contributed by atoms with E-state index in [4.69, 9.17) is 14.2 Å². The SMILES string of the molecule is CCOc1ccc(C2Oc3c(Br)cc(Br)cc3C=C2[N+](=O)[O-])cc1OC. The lowest BCUT2D eigenvalue weighted by Crippen LogP contribution is -2.20. The van der Waals surface area contributed by atoms with Gasteiger partial charge in [0.1, 0.15) is 5.75 Å². The predicted molar refractivity (Wildman–Crippen MR) is 104 cm³/mol. The summed E-state index contributed by atoms with van der Waals surface area (Å²) in [6, 6.07) is 8.78. The van der Waals surface area contributed by atoms with Gasteiger partial charge in [0.05, 0.1) is 23.1 Å². The molecular formula is C18H15Br2NO5. The van der Waals surface area contributed by atoms with Gasteiger partial charge in [-0.05, 0) is 47.1 Å². The summed E-state index contributed by atoms with van der Waals surface area (Å²) >= 11 is 6.84. The highest BCUT2D eigenvalue weighted by Crippen LogP contribution is 2.44. The van der Waals surface area contributed by atoms with Crippen molar-refractivity contribution in [2.24, 2.45) is 0 Å². The first kappa shape index (κ1) is 18.7. The topological polar surface area (TPSA) is 70.8 Å². The smallest absolute Gasteiger partial charge is 0.291 e. The largest absolute Gasteiger partial charge is 0.493 e. The highest BCUT2D eigenvalue weighted by Gasteiger charge is 2.34. The van der Waals surface area contributed by atoms with Crippen LogP contribution in [-0.4, -0.2) is 18.6 Å². The molecule has 1 aliphatic rings. The molecule has 0 aromatic heterocycles. The molecule has 1 aliphatic heterocycles. The van der Waals surface area contributed by atoms with Crippen LogP contribution in [0.5, 0.6) is 17.2 Å². The number of hydrogen-bond acceptors (Lipinski definition) is 5. The zero-order valence-corrected chi connectivity index (χ0v) is 17.2. The molecule has 0 saturated heterocycles. The third-order valence-corrected chi connectivity index (χ3v) is 4.89. The van der Waals surface area contributed by atoms with Gasteiger partial charge in [-0.3, -0.25) is 10.1 Å². The maximum Gasteiger partial charge on any atom is 0.291 e. The van der Waals surface area contributed by atoms with E-state index in [9.17, 15) is 10.1 Å². The molecule has 1 heterocycles. The quantitative estimate of drug-likeness (QED) is 0.421. The number of nitro groups is 1. The number of nitrogens with zero attached hydrogens (tertiary/aromatic N) is 1. The van der Waals surface area contributed by atoms with Crippen molar-refractivity contribution in [2.45, 2.75) is 13.0 Å². The zero-order valence-electron chi connectivity index (χ0n) is 14.0.